The molecule has 19 nitrogen and oxygen atoms in total. The summed E-state index contributed by atoms with van der Waals surface area (Å²) in [5.41, 5.74) is 18.9. The molecule has 2 aliphatic rings. The van der Waals surface area contributed by atoms with Crippen LogP contribution in [0.4, 0.5) is 23.6 Å². The van der Waals surface area contributed by atoms with Crippen LogP contribution >= 0.6 is 0 Å². The Morgan fingerprint density at radius 1 is 0.906 bits per heavy atom. The zero-order chi connectivity index (χ0) is 36.8. The number of benzene rings is 1. The Labute approximate surface area is 306 Å². The van der Waals surface area contributed by atoms with Gasteiger partial charge in [-0.3, -0.25) is 14.6 Å². The molecule has 0 aliphatic carbocycles. The Morgan fingerprint density at radius 2 is 1.66 bits per heavy atom. The molecule has 19 heteroatoms. The molecule has 1 fully saturated rings. The van der Waals surface area contributed by atoms with Gasteiger partial charge in [-0.05, 0) is 30.5 Å². The number of rotatable bonds is 20. The smallest absolute Gasteiger partial charge is 0.292 e. The summed E-state index contributed by atoms with van der Waals surface area (Å²) in [6.07, 6.45) is 6.38. The fraction of sp³-hybridized carbons (Fsp3) is 0.500. The fourth-order valence-corrected chi connectivity index (χ4v) is 5.95. The van der Waals surface area contributed by atoms with Gasteiger partial charge in [-0.25, -0.2) is 25.4 Å². The van der Waals surface area contributed by atoms with Crippen molar-refractivity contribution in [3.63, 3.8) is 0 Å². The number of piperazine rings is 1. The fourth-order valence-electron chi connectivity index (χ4n) is 5.95. The first kappa shape index (κ1) is 37.5. The molecule has 53 heavy (non-hydrogen) atoms. The van der Waals surface area contributed by atoms with Crippen molar-refractivity contribution in [1.82, 2.24) is 46.3 Å². The maximum Gasteiger partial charge on any atom is 0.292 e. The number of anilines is 4. The van der Waals surface area contributed by atoms with Gasteiger partial charge in [-0.15, -0.1) is 0 Å². The second-order valence-electron chi connectivity index (χ2n) is 12.4. The van der Waals surface area contributed by atoms with Crippen LogP contribution in [-0.2, 0) is 19.0 Å². The minimum absolute atomic E-state index is 0.0692. The zero-order valence-corrected chi connectivity index (χ0v) is 29.6. The first-order chi connectivity index (χ1) is 26.0. The maximum absolute atomic E-state index is 12.3. The van der Waals surface area contributed by atoms with Gasteiger partial charge in [0.2, 0.25) is 11.9 Å². The Balaban J connectivity index is 0.756. The summed E-state index contributed by atoms with van der Waals surface area (Å²) in [4.78, 5) is 48.2. The summed E-state index contributed by atoms with van der Waals surface area (Å²) in [6, 6.07) is 5.53. The first-order valence-electron chi connectivity index (χ1n) is 17.8. The molecule has 0 bridgehead atoms. The molecule has 1 aromatic carbocycles. The molecular weight excluding hydrogens is 686 g/mol. The predicted molar refractivity (Wildman–Crippen MR) is 196 cm³/mol. The lowest BCUT2D eigenvalue weighted by atomic mass is 10.0. The lowest BCUT2D eigenvalue weighted by Gasteiger charge is -2.27. The molecule has 0 saturated carbocycles. The molecule has 1 saturated heterocycles. The standard InChI is InChI=1S/C34H47N13O6/c35-30-28-29(23-3-4-26-25(19-23)44-33(36)53-26)45-47(31(28)43-22-42-30)10-2-1-6-38-27(48)5-13-50-15-17-52-18-16-51-14-9-39-32(49)24-20-40-34(41-21-24)46-11-7-37-8-12-46/h3-4,19-22,29,37,45H,1-2,5-18H2,(H2,36,44)(H,38,48)(H,39,49)(H2,35,42,43). The van der Waals surface area contributed by atoms with Crippen LogP contribution < -0.4 is 42.8 Å². The highest BCUT2D eigenvalue weighted by Gasteiger charge is 2.33. The van der Waals surface area contributed by atoms with E-state index in [9.17, 15) is 9.59 Å². The van der Waals surface area contributed by atoms with Gasteiger partial charge in [0.25, 0.3) is 11.9 Å². The molecule has 8 N–H and O–H groups in total. The van der Waals surface area contributed by atoms with Crippen molar-refractivity contribution in [2.24, 2.45) is 0 Å². The van der Waals surface area contributed by atoms with E-state index in [0.29, 0.717) is 87.7 Å². The molecule has 6 rings (SSSR count). The molecule has 4 aromatic rings. The molecule has 0 radical (unpaired) electrons. The van der Waals surface area contributed by atoms with Gasteiger partial charge in [-0.2, -0.15) is 4.98 Å². The monoisotopic (exact) mass is 733 g/mol. The van der Waals surface area contributed by atoms with Crippen LogP contribution in [0.5, 0.6) is 0 Å². The zero-order valence-electron chi connectivity index (χ0n) is 29.6. The molecule has 3 aromatic heterocycles. The number of hydrazine groups is 1. The van der Waals surface area contributed by atoms with Crippen LogP contribution in [0.2, 0.25) is 0 Å². The summed E-state index contributed by atoms with van der Waals surface area (Å²) in [6.45, 7) is 7.23. The topological polar surface area (TPSA) is 246 Å². The number of amides is 2. The average molecular weight is 734 g/mol. The van der Waals surface area contributed by atoms with Gasteiger partial charge in [0.1, 0.15) is 17.7 Å². The molecular formula is C34H47N13O6. The molecule has 1 unspecified atom stereocenters. The second-order valence-corrected chi connectivity index (χ2v) is 12.4. The van der Waals surface area contributed by atoms with Crippen molar-refractivity contribution in [2.45, 2.75) is 25.3 Å². The molecule has 5 heterocycles. The maximum atomic E-state index is 12.3. The highest BCUT2D eigenvalue weighted by Crippen LogP contribution is 2.38. The number of ether oxygens (including phenoxy) is 3. The Hall–Kier alpha value is -5.21. The van der Waals surface area contributed by atoms with Crippen molar-refractivity contribution in [3.05, 3.63) is 53.6 Å². The highest BCUT2D eigenvalue weighted by atomic mass is 16.5. The third kappa shape index (κ3) is 10.4. The van der Waals surface area contributed by atoms with E-state index in [2.05, 4.69) is 51.2 Å². The minimum atomic E-state index is -0.258. The molecule has 2 aliphatic heterocycles. The van der Waals surface area contributed by atoms with E-state index in [-0.39, 0.29) is 30.3 Å². The summed E-state index contributed by atoms with van der Waals surface area (Å²) in [5, 5.41) is 11.0. The van der Waals surface area contributed by atoms with Crippen LogP contribution in [-0.4, -0.2) is 122 Å². The number of carbonyl (C=O) groups is 2. The SMILES string of the molecule is Nc1nc2cc(C3NN(CCCCNC(=O)CCOCCOCCOCCNC(=O)c4cnc(N5CCNCC5)nc4)c4ncnc(N)c43)ccc2o1. The number of nitrogen functional groups attached to an aromatic ring is 2. The Morgan fingerprint density at radius 3 is 2.45 bits per heavy atom. The van der Waals surface area contributed by atoms with E-state index in [1.54, 1.807) is 12.4 Å². The number of unbranched alkanes of at least 4 members (excludes halogenated alkanes) is 1. The van der Waals surface area contributed by atoms with E-state index in [1.165, 1.54) is 6.33 Å². The summed E-state index contributed by atoms with van der Waals surface area (Å²) < 4.78 is 22.0. The Kier molecular flexibility index (Phi) is 13.5. The van der Waals surface area contributed by atoms with Crippen LogP contribution in [0.25, 0.3) is 11.1 Å². The third-order valence-electron chi connectivity index (χ3n) is 8.66. The minimum Gasteiger partial charge on any atom is -0.424 e. The van der Waals surface area contributed by atoms with Crippen LogP contribution in [0.3, 0.4) is 0 Å². The number of fused-ring (bicyclic) bond motifs is 2. The number of nitrogens with one attached hydrogen (secondary N) is 4. The van der Waals surface area contributed by atoms with Gasteiger partial charge >= 0.3 is 0 Å². The molecule has 0 spiro atoms. The van der Waals surface area contributed by atoms with E-state index < -0.39 is 0 Å². The van der Waals surface area contributed by atoms with Gasteiger partial charge in [0.15, 0.2) is 11.4 Å². The summed E-state index contributed by atoms with van der Waals surface area (Å²) >= 11 is 0. The second kappa shape index (κ2) is 19.0. The quantitative estimate of drug-likeness (QED) is 0.0663. The van der Waals surface area contributed by atoms with Gasteiger partial charge in [-0.1, -0.05) is 6.07 Å². The highest BCUT2D eigenvalue weighted by molar-refractivity contribution is 5.93. The normalized spacial score (nSPS) is 15.5. The number of aromatic nitrogens is 5. The van der Waals surface area contributed by atoms with E-state index in [1.807, 2.05) is 23.2 Å². The molecule has 284 valence electrons. The van der Waals surface area contributed by atoms with Crippen LogP contribution in [0.1, 0.15) is 46.8 Å². The predicted octanol–water partition coefficient (Wildman–Crippen LogP) is 0.162. The average Bonchev–Trinajstić information content (AvgIpc) is 3.75. The molecule has 1 atom stereocenters. The largest absolute Gasteiger partial charge is 0.424 e. The van der Waals surface area contributed by atoms with E-state index in [0.717, 1.165) is 56.0 Å². The summed E-state index contributed by atoms with van der Waals surface area (Å²) in [5.74, 6) is 1.45. The van der Waals surface area contributed by atoms with E-state index >= 15 is 0 Å². The van der Waals surface area contributed by atoms with Crippen molar-refractivity contribution < 1.29 is 28.2 Å². The van der Waals surface area contributed by atoms with Gasteiger partial charge in [0, 0.05) is 64.6 Å². The number of carbonyl (C=O) groups excluding carboxylic acids is 2. The number of oxazole rings is 1. The lowest BCUT2D eigenvalue weighted by Crippen LogP contribution is -2.44. The molecule has 2 amide bonds. The Bertz CT molecular complexity index is 1790. The summed E-state index contributed by atoms with van der Waals surface area (Å²) in [7, 11) is 0. The number of hydrogen-bond donors (Lipinski definition) is 6. The lowest BCUT2D eigenvalue weighted by molar-refractivity contribution is -0.122. The van der Waals surface area contributed by atoms with Crippen molar-refractivity contribution >= 4 is 46.5 Å². The van der Waals surface area contributed by atoms with E-state index in [4.69, 9.17) is 30.1 Å². The number of nitrogens with two attached hydrogens (primary N) is 2. The van der Waals surface area contributed by atoms with Crippen molar-refractivity contribution in [1.29, 1.82) is 0 Å². The van der Waals surface area contributed by atoms with Crippen molar-refractivity contribution in [2.75, 3.05) is 107 Å². The van der Waals surface area contributed by atoms with Crippen LogP contribution in [0, 0.1) is 0 Å². The number of hydrogen-bond acceptors (Lipinski definition) is 17. The van der Waals surface area contributed by atoms with Gasteiger partial charge < -0.3 is 50.9 Å². The van der Waals surface area contributed by atoms with Crippen molar-refractivity contribution in [3.8, 4) is 0 Å². The van der Waals surface area contributed by atoms with Crippen LogP contribution in [0.15, 0.2) is 41.3 Å². The first-order valence-corrected chi connectivity index (χ1v) is 17.8. The van der Waals surface area contributed by atoms with Gasteiger partial charge in [0.05, 0.1) is 56.8 Å². The number of nitrogens with zero attached hydrogens (tertiary/aromatic N) is 7. The third-order valence-corrected chi connectivity index (χ3v) is 8.66.